The van der Waals surface area contributed by atoms with Crippen molar-refractivity contribution < 1.29 is 14.1 Å². The van der Waals surface area contributed by atoms with Crippen molar-refractivity contribution in [2.24, 2.45) is 5.73 Å². The summed E-state index contributed by atoms with van der Waals surface area (Å²) in [5, 5.41) is 27.4. The van der Waals surface area contributed by atoms with Crippen LogP contribution in [0.2, 0.25) is 0 Å². The predicted molar refractivity (Wildman–Crippen MR) is 86.5 cm³/mol. The molecule has 1 atom stereocenters. The van der Waals surface area contributed by atoms with Gasteiger partial charge in [-0.05, 0) is 18.2 Å². The standard InChI is InChI=1S/C16H10N6O4/c17-6-9-12(10-3-4-11(25-10)22(23)24)13-14(8-2-1-5-19-7-8)20-21-16(13)26-15(9)18/h1-5,7,12H,18H2,(H,20,21)/t12-/m1/s1. The molecule has 10 nitrogen and oxygen atoms in total. The number of nitrogens with one attached hydrogen (secondary N) is 1. The van der Waals surface area contributed by atoms with Crippen molar-refractivity contribution in [2.45, 2.75) is 5.92 Å². The van der Waals surface area contributed by atoms with Gasteiger partial charge in [-0.2, -0.15) is 5.26 Å². The second-order valence-corrected chi connectivity index (χ2v) is 5.42. The molecule has 3 N–H and O–H groups in total. The molecule has 0 amide bonds. The molecule has 4 heterocycles. The van der Waals surface area contributed by atoms with E-state index in [2.05, 4.69) is 15.2 Å². The van der Waals surface area contributed by atoms with E-state index < -0.39 is 16.7 Å². The molecule has 3 aromatic heterocycles. The van der Waals surface area contributed by atoms with Crippen LogP contribution in [0.4, 0.5) is 5.88 Å². The maximum Gasteiger partial charge on any atom is 0.433 e. The first-order valence-corrected chi connectivity index (χ1v) is 7.40. The highest BCUT2D eigenvalue weighted by Gasteiger charge is 2.38. The van der Waals surface area contributed by atoms with E-state index in [0.29, 0.717) is 16.8 Å². The third kappa shape index (κ3) is 2.27. The Morgan fingerprint density at radius 2 is 2.23 bits per heavy atom. The van der Waals surface area contributed by atoms with Crippen molar-refractivity contribution in [3.05, 3.63) is 69.6 Å². The summed E-state index contributed by atoms with van der Waals surface area (Å²) in [5.41, 5.74) is 7.67. The van der Waals surface area contributed by atoms with Crippen molar-refractivity contribution in [3.8, 4) is 23.2 Å². The van der Waals surface area contributed by atoms with Gasteiger partial charge in [0.1, 0.15) is 22.3 Å². The lowest BCUT2D eigenvalue weighted by Crippen LogP contribution is -2.20. The highest BCUT2D eigenvalue weighted by atomic mass is 16.6. The number of aromatic amines is 1. The molecule has 0 aromatic carbocycles. The van der Waals surface area contributed by atoms with Crippen LogP contribution in [0.5, 0.6) is 5.88 Å². The Kier molecular flexibility index (Phi) is 3.40. The molecule has 10 heteroatoms. The summed E-state index contributed by atoms with van der Waals surface area (Å²) < 4.78 is 10.8. The van der Waals surface area contributed by atoms with Gasteiger partial charge in [0.25, 0.3) is 0 Å². The normalized spacial score (nSPS) is 15.9. The fourth-order valence-electron chi connectivity index (χ4n) is 2.86. The minimum absolute atomic E-state index is 0.0771. The Morgan fingerprint density at radius 1 is 1.38 bits per heavy atom. The molecule has 0 saturated heterocycles. The number of nitro groups is 1. The third-order valence-electron chi connectivity index (χ3n) is 3.97. The van der Waals surface area contributed by atoms with Gasteiger partial charge >= 0.3 is 5.88 Å². The second kappa shape index (κ2) is 5.75. The topological polar surface area (TPSA) is 157 Å². The van der Waals surface area contributed by atoms with Gasteiger partial charge in [0.15, 0.2) is 0 Å². The Labute approximate surface area is 145 Å². The van der Waals surface area contributed by atoms with E-state index in [4.69, 9.17) is 14.9 Å². The van der Waals surface area contributed by atoms with E-state index in [1.807, 2.05) is 6.07 Å². The largest absolute Gasteiger partial charge is 0.433 e. The lowest BCUT2D eigenvalue weighted by atomic mass is 9.87. The van der Waals surface area contributed by atoms with Crippen molar-refractivity contribution >= 4 is 5.88 Å². The zero-order valence-corrected chi connectivity index (χ0v) is 13.0. The maximum absolute atomic E-state index is 11.0. The molecular formula is C16H10N6O4. The van der Waals surface area contributed by atoms with E-state index in [-0.39, 0.29) is 23.1 Å². The number of aromatic nitrogens is 3. The zero-order valence-electron chi connectivity index (χ0n) is 13.0. The van der Waals surface area contributed by atoms with Gasteiger partial charge in [-0.1, -0.05) is 0 Å². The van der Waals surface area contributed by atoms with Crippen LogP contribution in [0.3, 0.4) is 0 Å². The van der Waals surface area contributed by atoms with Crippen molar-refractivity contribution in [1.82, 2.24) is 15.2 Å². The van der Waals surface area contributed by atoms with Crippen LogP contribution in [-0.2, 0) is 0 Å². The van der Waals surface area contributed by atoms with E-state index >= 15 is 0 Å². The number of nitriles is 1. The van der Waals surface area contributed by atoms with Gasteiger partial charge in [0, 0.05) is 18.0 Å². The summed E-state index contributed by atoms with van der Waals surface area (Å²) in [4.78, 5) is 14.4. The Hall–Kier alpha value is -4.13. The Bertz CT molecular complexity index is 1080. The van der Waals surface area contributed by atoms with Gasteiger partial charge in [0.2, 0.25) is 11.8 Å². The summed E-state index contributed by atoms with van der Waals surface area (Å²) in [6.45, 7) is 0. The molecule has 3 aromatic rings. The van der Waals surface area contributed by atoms with E-state index in [9.17, 15) is 15.4 Å². The van der Waals surface area contributed by atoms with E-state index in [0.717, 1.165) is 0 Å². The number of nitrogens with two attached hydrogens (primary N) is 1. The van der Waals surface area contributed by atoms with Gasteiger partial charge < -0.3 is 14.9 Å². The highest BCUT2D eigenvalue weighted by Crippen LogP contribution is 2.46. The summed E-state index contributed by atoms with van der Waals surface area (Å²) in [5.74, 6) is -1.01. The zero-order chi connectivity index (χ0) is 18.3. The molecular weight excluding hydrogens is 340 g/mol. The summed E-state index contributed by atoms with van der Waals surface area (Å²) in [7, 11) is 0. The highest BCUT2D eigenvalue weighted by molar-refractivity contribution is 5.69. The molecule has 4 rings (SSSR count). The first kappa shape index (κ1) is 15.4. The summed E-state index contributed by atoms with van der Waals surface area (Å²) in [6, 6.07) is 8.19. The predicted octanol–water partition coefficient (Wildman–Crippen LogP) is 2.19. The average molecular weight is 350 g/mol. The number of nitrogens with zero attached hydrogens (tertiary/aromatic N) is 4. The van der Waals surface area contributed by atoms with Crippen LogP contribution >= 0.6 is 0 Å². The average Bonchev–Trinajstić information content (AvgIpc) is 3.28. The molecule has 0 fully saturated rings. The lowest BCUT2D eigenvalue weighted by Gasteiger charge is -2.21. The number of fused-ring (bicyclic) bond motifs is 1. The van der Waals surface area contributed by atoms with Crippen LogP contribution < -0.4 is 10.5 Å². The number of rotatable bonds is 3. The molecule has 0 aliphatic carbocycles. The molecule has 1 aliphatic rings. The molecule has 0 spiro atoms. The molecule has 26 heavy (non-hydrogen) atoms. The molecule has 1 aliphatic heterocycles. The SMILES string of the molecule is N#CC1=C(N)Oc2n[nH]c(-c3cccnc3)c2[C@H]1c1ccc([N+](=O)[O-])o1. The summed E-state index contributed by atoms with van der Waals surface area (Å²) >= 11 is 0. The Morgan fingerprint density at radius 3 is 2.88 bits per heavy atom. The minimum atomic E-state index is -0.800. The number of H-pyrrole nitrogens is 1. The van der Waals surface area contributed by atoms with Crippen LogP contribution in [-0.4, -0.2) is 20.1 Å². The minimum Gasteiger partial charge on any atom is -0.420 e. The molecule has 0 unspecified atom stereocenters. The monoisotopic (exact) mass is 350 g/mol. The van der Waals surface area contributed by atoms with Gasteiger partial charge in [0.05, 0.1) is 23.2 Å². The molecule has 0 saturated carbocycles. The number of hydrogen-bond acceptors (Lipinski definition) is 8. The molecule has 0 bridgehead atoms. The lowest BCUT2D eigenvalue weighted by molar-refractivity contribution is -0.402. The van der Waals surface area contributed by atoms with Crippen LogP contribution in [0, 0.1) is 21.4 Å². The van der Waals surface area contributed by atoms with Crippen LogP contribution in [0.25, 0.3) is 11.3 Å². The second-order valence-electron chi connectivity index (χ2n) is 5.42. The van der Waals surface area contributed by atoms with E-state index in [1.165, 1.54) is 12.1 Å². The fourth-order valence-corrected chi connectivity index (χ4v) is 2.86. The summed E-state index contributed by atoms with van der Waals surface area (Å²) in [6.07, 6.45) is 3.23. The fraction of sp³-hybridized carbons (Fsp3) is 0.0625. The first-order chi connectivity index (χ1) is 12.6. The number of ether oxygens (including phenoxy) is 1. The van der Waals surface area contributed by atoms with Crippen molar-refractivity contribution in [2.75, 3.05) is 0 Å². The third-order valence-corrected chi connectivity index (χ3v) is 3.97. The number of allylic oxidation sites excluding steroid dienone is 1. The van der Waals surface area contributed by atoms with Gasteiger partial charge in [-0.25, -0.2) is 0 Å². The van der Waals surface area contributed by atoms with Crippen LogP contribution in [0.15, 0.2) is 52.5 Å². The number of furan rings is 1. The Balaban J connectivity index is 1.93. The number of hydrogen-bond donors (Lipinski definition) is 2. The van der Waals surface area contributed by atoms with Crippen molar-refractivity contribution in [1.29, 1.82) is 5.26 Å². The van der Waals surface area contributed by atoms with Crippen LogP contribution in [0.1, 0.15) is 17.2 Å². The van der Waals surface area contributed by atoms with Crippen molar-refractivity contribution in [3.63, 3.8) is 0 Å². The smallest absolute Gasteiger partial charge is 0.420 e. The van der Waals surface area contributed by atoms with Gasteiger partial charge in [-0.3, -0.25) is 20.2 Å². The maximum atomic E-state index is 11.0. The van der Waals surface area contributed by atoms with Gasteiger partial charge in [-0.15, -0.1) is 5.10 Å². The quantitative estimate of drug-likeness (QED) is 0.537. The first-order valence-electron chi connectivity index (χ1n) is 7.40. The number of pyridine rings is 1. The molecule has 0 radical (unpaired) electrons. The van der Waals surface area contributed by atoms with E-state index in [1.54, 1.807) is 24.5 Å². The molecule has 128 valence electrons.